The van der Waals surface area contributed by atoms with Crippen LogP contribution in [0.2, 0.25) is 0 Å². The molecule has 5 rings (SSSR count). The molecule has 1 aromatic carbocycles. The van der Waals surface area contributed by atoms with E-state index in [1.54, 1.807) is 49.6 Å². The number of anilines is 2. The molecule has 4 aromatic rings. The van der Waals surface area contributed by atoms with Gasteiger partial charge in [0.2, 0.25) is 11.8 Å². The minimum absolute atomic E-state index is 0.0195. The molecule has 3 heterocycles. The number of aryl methyl sites for hydroxylation is 2. The second-order valence-corrected chi connectivity index (χ2v) is 8.08. The summed E-state index contributed by atoms with van der Waals surface area (Å²) in [5, 5.41) is 14.3. The van der Waals surface area contributed by atoms with Crippen LogP contribution in [0, 0.1) is 12.8 Å². The highest BCUT2D eigenvalue weighted by Crippen LogP contribution is 2.32. The van der Waals surface area contributed by atoms with E-state index in [4.69, 9.17) is 9.47 Å². The molecule has 1 fully saturated rings. The molecule has 0 spiro atoms. The molecule has 2 N–H and O–H groups in total. The van der Waals surface area contributed by atoms with Gasteiger partial charge in [-0.1, -0.05) is 0 Å². The molecule has 0 unspecified atom stereocenters. The number of methoxy groups -OCH3 is 1. The Balaban J connectivity index is 1.34. The Morgan fingerprint density at radius 2 is 1.91 bits per heavy atom. The highest BCUT2D eigenvalue weighted by atomic mass is 16.5. The van der Waals surface area contributed by atoms with E-state index < -0.39 is 0 Å². The average Bonchev–Trinajstić information content (AvgIpc) is 3.50. The van der Waals surface area contributed by atoms with Gasteiger partial charge in [0, 0.05) is 25.1 Å². The summed E-state index contributed by atoms with van der Waals surface area (Å²) in [5.41, 5.74) is 2.18. The molecule has 1 aliphatic carbocycles. The lowest BCUT2D eigenvalue weighted by molar-refractivity contribution is -0.117. The molecule has 0 saturated heterocycles. The van der Waals surface area contributed by atoms with E-state index >= 15 is 0 Å². The fraction of sp³-hybridized carbons (Fsp3) is 0.261. The van der Waals surface area contributed by atoms with E-state index in [0.29, 0.717) is 40.2 Å². The van der Waals surface area contributed by atoms with E-state index in [2.05, 4.69) is 25.8 Å². The third-order valence-electron chi connectivity index (χ3n) is 5.37. The number of amides is 2. The number of nitrogens with one attached hydrogen (secondary N) is 2. The first kappa shape index (κ1) is 21.4. The largest absolute Gasteiger partial charge is 0.495 e. The van der Waals surface area contributed by atoms with Crippen molar-refractivity contribution in [1.82, 2.24) is 24.4 Å². The quantitative estimate of drug-likeness (QED) is 0.433. The summed E-state index contributed by atoms with van der Waals surface area (Å²) in [6, 6.07) is 10.2. The number of fused-ring (bicyclic) bond motifs is 1. The number of nitrogens with zero attached hydrogens (tertiary/aromatic N) is 5. The summed E-state index contributed by atoms with van der Waals surface area (Å²) in [4.78, 5) is 29.1. The lowest BCUT2D eigenvalue weighted by atomic mass is 10.2. The molecule has 11 nitrogen and oxygen atoms in total. The van der Waals surface area contributed by atoms with Gasteiger partial charge in [-0.2, -0.15) is 5.10 Å². The Bertz CT molecular complexity index is 1400. The number of rotatable bonds is 7. The summed E-state index contributed by atoms with van der Waals surface area (Å²) in [6.45, 7) is 1.82. The van der Waals surface area contributed by atoms with Gasteiger partial charge in [0.15, 0.2) is 11.5 Å². The van der Waals surface area contributed by atoms with Gasteiger partial charge in [-0.15, -0.1) is 5.10 Å². The molecule has 3 aromatic heterocycles. The van der Waals surface area contributed by atoms with Crippen LogP contribution in [0.5, 0.6) is 17.4 Å². The molecule has 2 amide bonds. The fourth-order valence-corrected chi connectivity index (χ4v) is 3.53. The van der Waals surface area contributed by atoms with Crippen molar-refractivity contribution < 1.29 is 19.1 Å². The topological polar surface area (TPSA) is 125 Å². The Morgan fingerprint density at radius 3 is 2.62 bits per heavy atom. The second-order valence-electron chi connectivity index (χ2n) is 8.08. The molecular weight excluding hydrogens is 438 g/mol. The molecular formula is C23H23N7O4. The highest BCUT2D eigenvalue weighted by molar-refractivity contribution is 6.04. The third kappa shape index (κ3) is 4.40. The van der Waals surface area contributed by atoms with Gasteiger partial charge in [-0.25, -0.2) is 9.50 Å². The van der Waals surface area contributed by atoms with Crippen molar-refractivity contribution in [3.05, 3.63) is 54.0 Å². The maximum Gasteiger partial charge on any atom is 0.274 e. The second kappa shape index (κ2) is 8.50. The van der Waals surface area contributed by atoms with Crippen LogP contribution in [0.3, 0.4) is 0 Å². The van der Waals surface area contributed by atoms with Gasteiger partial charge in [-0.3, -0.25) is 14.3 Å². The predicted molar refractivity (Wildman–Crippen MR) is 123 cm³/mol. The molecule has 1 saturated carbocycles. The zero-order valence-electron chi connectivity index (χ0n) is 18.9. The van der Waals surface area contributed by atoms with Crippen LogP contribution in [0.4, 0.5) is 11.5 Å². The van der Waals surface area contributed by atoms with Gasteiger partial charge in [0.05, 0.1) is 24.7 Å². The molecule has 0 aliphatic heterocycles. The Hall–Kier alpha value is -4.41. The molecule has 34 heavy (non-hydrogen) atoms. The molecule has 0 bridgehead atoms. The smallest absolute Gasteiger partial charge is 0.274 e. The van der Waals surface area contributed by atoms with E-state index in [1.807, 2.05) is 6.92 Å². The number of benzene rings is 1. The van der Waals surface area contributed by atoms with Gasteiger partial charge >= 0.3 is 0 Å². The minimum Gasteiger partial charge on any atom is -0.495 e. The van der Waals surface area contributed by atoms with Gasteiger partial charge in [0.1, 0.15) is 17.2 Å². The lowest BCUT2D eigenvalue weighted by Crippen LogP contribution is -2.16. The van der Waals surface area contributed by atoms with Crippen molar-refractivity contribution in [2.75, 3.05) is 17.7 Å². The van der Waals surface area contributed by atoms with Crippen LogP contribution in [-0.4, -0.2) is 43.3 Å². The standard InChI is InChI=1S/C23H23N7O4/c1-13-10-17(29(2)27-13)23(32)24-16-11-15(6-7-18(16)33-3)34-21-9-8-20-25-19(12-30(20)28-21)26-22(31)14-4-5-14/h6-12,14H,4-5H2,1-3H3,(H,24,32)(H,26,31). The number of aromatic nitrogens is 5. The zero-order chi connectivity index (χ0) is 23.8. The first-order valence-electron chi connectivity index (χ1n) is 10.7. The number of ether oxygens (including phenoxy) is 2. The monoisotopic (exact) mass is 461 g/mol. The molecule has 0 atom stereocenters. The van der Waals surface area contributed by atoms with Crippen LogP contribution in [-0.2, 0) is 11.8 Å². The van der Waals surface area contributed by atoms with Crippen molar-refractivity contribution >= 4 is 29.0 Å². The van der Waals surface area contributed by atoms with E-state index in [-0.39, 0.29) is 17.7 Å². The molecule has 0 radical (unpaired) electrons. The van der Waals surface area contributed by atoms with Crippen molar-refractivity contribution in [2.45, 2.75) is 19.8 Å². The minimum atomic E-state index is -0.322. The van der Waals surface area contributed by atoms with Crippen LogP contribution in [0.25, 0.3) is 5.65 Å². The van der Waals surface area contributed by atoms with E-state index in [0.717, 1.165) is 18.5 Å². The predicted octanol–water partition coefficient (Wildman–Crippen LogP) is 3.17. The van der Waals surface area contributed by atoms with Gasteiger partial charge in [-0.05, 0) is 44.0 Å². The third-order valence-corrected chi connectivity index (χ3v) is 5.37. The Kier molecular flexibility index (Phi) is 5.36. The number of carbonyl (C=O) groups is 2. The Morgan fingerprint density at radius 1 is 1.09 bits per heavy atom. The summed E-state index contributed by atoms with van der Waals surface area (Å²) in [6.07, 6.45) is 3.47. The number of hydrogen-bond acceptors (Lipinski definition) is 7. The lowest BCUT2D eigenvalue weighted by Gasteiger charge is -2.12. The zero-order valence-corrected chi connectivity index (χ0v) is 18.9. The Labute approximate surface area is 194 Å². The molecule has 174 valence electrons. The van der Waals surface area contributed by atoms with Crippen molar-refractivity contribution in [2.24, 2.45) is 13.0 Å². The highest BCUT2D eigenvalue weighted by Gasteiger charge is 2.30. The van der Waals surface area contributed by atoms with Crippen LogP contribution in [0.1, 0.15) is 29.0 Å². The normalized spacial score (nSPS) is 13.0. The number of hydrogen-bond donors (Lipinski definition) is 2. The molecule has 1 aliphatic rings. The number of carbonyl (C=O) groups excluding carboxylic acids is 2. The fourth-order valence-electron chi connectivity index (χ4n) is 3.53. The summed E-state index contributed by atoms with van der Waals surface area (Å²) in [5.74, 6) is 1.44. The van der Waals surface area contributed by atoms with Crippen molar-refractivity contribution in [1.29, 1.82) is 0 Å². The van der Waals surface area contributed by atoms with Crippen molar-refractivity contribution in [3.63, 3.8) is 0 Å². The van der Waals surface area contributed by atoms with E-state index in [1.165, 1.54) is 16.3 Å². The SMILES string of the molecule is COc1ccc(Oc2ccc3nc(NC(=O)C4CC4)cn3n2)cc1NC(=O)c1cc(C)nn1C. The molecule has 11 heteroatoms. The van der Waals surface area contributed by atoms with Gasteiger partial charge in [0.25, 0.3) is 5.91 Å². The first-order chi connectivity index (χ1) is 16.4. The van der Waals surface area contributed by atoms with Crippen LogP contribution in [0.15, 0.2) is 42.6 Å². The summed E-state index contributed by atoms with van der Waals surface area (Å²) >= 11 is 0. The maximum atomic E-state index is 12.7. The van der Waals surface area contributed by atoms with E-state index in [9.17, 15) is 9.59 Å². The van der Waals surface area contributed by atoms with Crippen molar-refractivity contribution in [3.8, 4) is 17.4 Å². The van der Waals surface area contributed by atoms with Crippen LogP contribution < -0.4 is 20.1 Å². The van der Waals surface area contributed by atoms with Crippen LogP contribution >= 0.6 is 0 Å². The summed E-state index contributed by atoms with van der Waals surface area (Å²) < 4.78 is 14.3. The van der Waals surface area contributed by atoms with Gasteiger partial charge < -0.3 is 20.1 Å². The first-order valence-corrected chi connectivity index (χ1v) is 10.7. The average molecular weight is 461 g/mol. The number of imidazole rings is 1. The summed E-state index contributed by atoms with van der Waals surface area (Å²) in [7, 11) is 3.23. The maximum absolute atomic E-state index is 12.7.